The lowest BCUT2D eigenvalue weighted by Crippen LogP contribution is -2.48. The lowest BCUT2D eigenvalue weighted by molar-refractivity contribution is -0.129. The fourth-order valence-corrected chi connectivity index (χ4v) is 3.34. The van der Waals surface area contributed by atoms with Gasteiger partial charge in [-0.2, -0.15) is 0 Å². The molecule has 4 N–H and O–H groups in total. The molecule has 0 unspecified atom stereocenters. The molecule has 0 saturated carbocycles. The summed E-state index contributed by atoms with van der Waals surface area (Å²) < 4.78 is 5.75. The number of rotatable bonds is 5. The number of hydrogen-bond acceptors (Lipinski definition) is 9. The Morgan fingerprint density at radius 3 is 2.55 bits per heavy atom. The molecule has 0 spiro atoms. The number of nitrogens with two attached hydrogens (primary N) is 2. The second-order valence-electron chi connectivity index (χ2n) is 7.22. The average Bonchev–Trinajstić information content (AvgIpc) is 2.79. The summed E-state index contributed by atoms with van der Waals surface area (Å²) in [5.74, 6) is 1.84. The van der Waals surface area contributed by atoms with Crippen LogP contribution in [0, 0.1) is 0 Å². The molecule has 3 aromatic rings. The summed E-state index contributed by atoms with van der Waals surface area (Å²) in [6.07, 6.45) is 4.96. The van der Waals surface area contributed by atoms with Gasteiger partial charge >= 0.3 is 0 Å². The molecule has 0 radical (unpaired) electrons. The van der Waals surface area contributed by atoms with Crippen molar-refractivity contribution in [2.24, 2.45) is 0 Å². The van der Waals surface area contributed by atoms with E-state index in [4.69, 9.17) is 16.2 Å². The van der Waals surface area contributed by atoms with Gasteiger partial charge < -0.3 is 26.0 Å². The van der Waals surface area contributed by atoms with Gasteiger partial charge in [0.1, 0.15) is 18.2 Å². The highest BCUT2D eigenvalue weighted by molar-refractivity contribution is 5.73. The minimum atomic E-state index is 0.107. The summed E-state index contributed by atoms with van der Waals surface area (Å²) in [5, 5.41) is 0. The van der Waals surface area contributed by atoms with Crippen LogP contribution in [0.2, 0.25) is 0 Å². The van der Waals surface area contributed by atoms with Gasteiger partial charge in [-0.3, -0.25) is 4.79 Å². The molecule has 1 fully saturated rings. The fourth-order valence-electron chi connectivity index (χ4n) is 3.34. The monoisotopic (exact) mass is 420 g/mol. The molecular weight excluding hydrogens is 396 g/mol. The van der Waals surface area contributed by atoms with Crippen molar-refractivity contribution < 1.29 is 9.53 Å². The minimum absolute atomic E-state index is 0.107. The minimum Gasteiger partial charge on any atom is -0.470 e. The molecule has 1 saturated heterocycles. The largest absolute Gasteiger partial charge is 0.470 e. The van der Waals surface area contributed by atoms with Crippen LogP contribution in [-0.2, 0) is 11.4 Å². The molecule has 160 valence electrons. The van der Waals surface area contributed by atoms with Crippen LogP contribution >= 0.6 is 0 Å². The van der Waals surface area contributed by atoms with Gasteiger partial charge in [-0.05, 0) is 29.8 Å². The highest BCUT2D eigenvalue weighted by Gasteiger charge is 2.19. The number of carbonyl (C=O) groups excluding carboxylic acids is 1. The van der Waals surface area contributed by atoms with Crippen LogP contribution < -0.4 is 21.1 Å². The number of amides is 1. The van der Waals surface area contributed by atoms with E-state index in [1.54, 1.807) is 31.6 Å². The van der Waals surface area contributed by atoms with Crippen LogP contribution in [0.4, 0.5) is 17.5 Å². The van der Waals surface area contributed by atoms with Crippen LogP contribution in [0.1, 0.15) is 12.5 Å². The first-order valence-corrected chi connectivity index (χ1v) is 9.92. The van der Waals surface area contributed by atoms with E-state index in [2.05, 4.69) is 24.8 Å². The fraction of sp³-hybridized carbons (Fsp3) is 0.286. The Labute approximate surface area is 179 Å². The van der Waals surface area contributed by atoms with Crippen LogP contribution in [-0.4, -0.2) is 56.9 Å². The zero-order chi connectivity index (χ0) is 21.8. The van der Waals surface area contributed by atoms with Crippen molar-refractivity contribution in [3.8, 4) is 17.1 Å². The Balaban J connectivity index is 1.44. The van der Waals surface area contributed by atoms with Crippen LogP contribution in [0.25, 0.3) is 11.3 Å². The van der Waals surface area contributed by atoms with E-state index in [9.17, 15) is 4.79 Å². The molecule has 4 heterocycles. The molecule has 0 bridgehead atoms. The number of ether oxygens (including phenoxy) is 1. The smallest absolute Gasteiger partial charge is 0.258 e. The number of pyridine rings is 2. The summed E-state index contributed by atoms with van der Waals surface area (Å²) in [6, 6.07) is 7.42. The van der Waals surface area contributed by atoms with Crippen molar-refractivity contribution in [3.05, 3.63) is 48.4 Å². The summed E-state index contributed by atoms with van der Waals surface area (Å²) in [4.78, 5) is 32.7. The molecule has 0 aliphatic carbocycles. The molecule has 31 heavy (non-hydrogen) atoms. The van der Waals surface area contributed by atoms with Gasteiger partial charge in [-0.25, -0.2) is 19.9 Å². The molecule has 1 aliphatic heterocycles. The number of nitrogen functional groups attached to an aromatic ring is 2. The molecule has 0 aromatic carbocycles. The van der Waals surface area contributed by atoms with E-state index in [1.807, 2.05) is 23.1 Å². The predicted octanol–water partition coefficient (Wildman–Crippen LogP) is 1.35. The van der Waals surface area contributed by atoms with Gasteiger partial charge in [-0.15, -0.1) is 0 Å². The van der Waals surface area contributed by atoms with Crippen molar-refractivity contribution >= 4 is 23.4 Å². The number of anilines is 3. The first kappa shape index (κ1) is 20.3. The lowest BCUT2D eigenvalue weighted by Gasteiger charge is -2.34. The number of nitrogens with zero attached hydrogens (tertiary/aromatic N) is 6. The number of aromatic nitrogens is 4. The predicted molar refractivity (Wildman–Crippen MR) is 117 cm³/mol. The number of hydrogen-bond donors (Lipinski definition) is 2. The zero-order valence-electron chi connectivity index (χ0n) is 17.2. The quantitative estimate of drug-likeness (QED) is 0.626. The van der Waals surface area contributed by atoms with Gasteiger partial charge in [0, 0.05) is 51.1 Å². The number of carbonyl (C=O) groups is 1. The van der Waals surface area contributed by atoms with Gasteiger partial charge in [0.05, 0.1) is 11.9 Å². The Morgan fingerprint density at radius 2 is 1.87 bits per heavy atom. The highest BCUT2D eigenvalue weighted by Crippen LogP contribution is 2.24. The molecule has 1 aliphatic rings. The third-order valence-electron chi connectivity index (χ3n) is 5.08. The van der Waals surface area contributed by atoms with Crippen molar-refractivity contribution in [3.63, 3.8) is 0 Å². The summed E-state index contributed by atoms with van der Waals surface area (Å²) in [5.41, 5.74) is 13.9. The molecule has 4 rings (SSSR count). The molecule has 10 nitrogen and oxygen atoms in total. The lowest BCUT2D eigenvalue weighted by atomic mass is 10.2. The second kappa shape index (κ2) is 8.82. The topological polar surface area (TPSA) is 136 Å². The third kappa shape index (κ3) is 4.80. The van der Waals surface area contributed by atoms with Crippen molar-refractivity contribution in [2.75, 3.05) is 42.5 Å². The van der Waals surface area contributed by atoms with Gasteiger partial charge in [-0.1, -0.05) is 0 Å². The van der Waals surface area contributed by atoms with E-state index < -0.39 is 0 Å². The maximum absolute atomic E-state index is 11.5. The Bertz CT molecular complexity index is 1070. The van der Waals surface area contributed by atoms with E-state index in [0.717, 1.165) is 30.0 Å². The van der Waals surface area contributed by atoms with E-state index in [1.165, 1.54) is 0 Å². The third-order valence-corrected chi connectivity index (χ3v) is 5.08. The molecule has 0 atom stereocenters. The first-order chi connectivity index (χ1) is 15.0. The van der Waals surface area contributed by atoms with Gasteiger partial charge in [0.25, 0.3) is 5.88 Å². The SMILES string of the molecule is CC(=O)N1CCN(c2ccc(-c3cnc(N)c(OCc4ccnc(N)c4)n3)cn2)CC1. The van der Waals surface area contributed by atoms with Crippen LogP contribution in [0.15, 0.2) is 42.9 Å². The molecular formula is C21H24N8O2. The Hall–Kier alpha value is -3.95. The normalized spacial score (nSPS) is 13.8. The van der Waals surface area contributed by atoms with E-state index in [-0.39, 0.29) is 24.2 Å². The maximum Gasteiger partial charge on any atom is 0.258 e. The highest BCUT2D eigenvalue weighted by atomic mass is 16.5. The number of piperazine rings is 1. The molecule has 1 amide bonds. The summed E-state index contributed by atoms with van der Waals surface area (Å²) in [7, 11) is 0. The van der Waals surface area contributed by atoms with Crippen LogP contribution in [0.5, 0.6) is 5.88 Å². The standard InChI is InChI=1S/C21H24N8O2/c1-14(30)28-6-8-29(9-7-28)19-3-2-16(11-25-19)17-12-26-20(23)21(27-17)31-13-15-4-5-24-18(22)10-15/h2-5,10-12H,6-9,13H2,1H3,(H2,22,24)(H2,23,26). The molecule has 10 heteroatoms. The average molecular weight is 420 g/mol. The van der Waals surface area contributed by atoms with E-state index in [0.29, 0.717) is 24.6 Å². The van der Waals surface area contributed by atoms with Crippen molar-refractivity contribution in [1.82, 2.24) is 24.8 Å². The zero-order valence-corrected chi connectivity index (χ0v) is 17.2. The first-order valence-electron chi connectivity index (χ1n) is 9.92. The Morgan fingerprint density at radius 1 is 1.06 bits per heavy atom. The second-order valence-corrected chi connectivity index (χ2v) is 7.22. The van der Waals surface area contributed by atoms with Gasteiger partial charge in [0.15, 0.2) is 5.82 Å². The van der Waals surface area contributed by atoms with Gasteiger partial charge in [0.2, 0.25) is 5.91 Å². The maximum atomic E-state index is 11.5. The Kier molecular flexibility index (Phi) is 5.78. The van der Waals surface area contributed by atoms with Crippen LogP contribution in [0.3, 0.4) is 0 Å². The van der Waals surface area contributed by atoms with Crippen molar-refractivity contribution in [1.29, 1.82) is 0 Å². The molecule has 3 aromatic heterocycles. The van der Waals surface area contributed by atoms with Crippen molar-refractivity contribution in [2.45, 2.75) is 13.5 Å². The van der Waals surface area contributed by atoms with E-state index >= 15 is 0 Å². The summed E-state index contributed by atoms with van der Waals surface area (Å²) in [6.45, 7) is 4.76. The summed E-state index contributed by atoms with van der Waals surface area (Å²) >= 11 is 0.